The van der Waals surface area contributed by atoms with Crippen LogP contribution >= 0.6 is 38.5 Å². The average Bonchev–Trinajstić information content (AvgIpc) is 2.50. The van der Waals surface area contributed by atoms with Gasteiger partial charge in [-0.25, -0.2) is 4.39 Å². The predicted molar refractivity (Wildman–Crippen MR) is 60.1 cm³/mol. The summed E-state index contributed by atoms with van der Waals surface area (Å²) in [6, 6.07) is 4.42. The van der Waals surface area contributed by atoms with E-state index in [0.717, 1.165) is 0 Å². The molecule has 0 aliphatic heterocycles. The molecule has 14 heavy (non-hydrogen) atoms. The van der Waals surface area contributed by atoms with Gasteiger partial charge in [-0.1, -0.05) is 21.1 Å². The van der Waals surface area contributed by atoms with Crippen LogP contribution in [0.3, 0.4) is 0 Å². The lowest BCUT2D eigenvalue weighted by Crippen LogP contribution is -1.81. The summed E-state index contributed by atoms with van der Waals surface area (Å²) < 4.78 is 19.0. The average molecular weight is 369 g/mol. The van der Waals surface area contributed by atoms with Crippen LogP contribution in [0.15, 0.2) is 27.2 Å². The second-order valence-corrected chi connectivity index (χ2v) is 4.41. The van der Waals surface area contributed by atoms with E-state index < -0.39 is 0 Å². The Bertz CT molecular complexity index is 454. The first kappa shape index (κ1) is 10.0. The second kappa shape index (κ2) is 3.93. The zero-order valence-electron chi connectivity index (χ0n) is 6.67. The Morgan fingerprint density at radius 2 is 2.14 bits per heavy atom. The molecule has 0 aliphatic carbocycles. The van der Waals surface area contributed by atoms with Crippen molar-refractivity contribution in [3.05, 3.63) is 32.3 Å². The van der Waals surface area contributed by atoms with Crippen LogP contribution in [0.2, 0.25) is 0 Å². The first-order valence-corrected chi connectivity index (χ1v) is 5.48. The predicted octanol–water partition coefficient (Wildman–Crippen LogP) is 3.24. The van der Waals surface area contributed by atoms with Crippen molar-refractivity contribution in [2.75, 3.05) is 0 Å². The van der Waals surface area contributed by atoms with Crippen molar-refractivity contribution in [2.24, 2.45) is 0 Å². The van der Waals surface area contributed by atoms with E-state index in [1.54, 1.807) is 6.07 Å². The third-order valence-corrected chi connectivity index (χ3v) is 2.41. The molecule has 2 rings (SSSR count). The lowest BCUT2D eigenvalue weighted by molar-refractivity contribution is 0.425. The molecule has 1 aromatic heterocycles. The van der Waals surface area contributed by atoms with Crippen LogP contribution in [0, 0.1) is 9.65 Å². The van der Waals surface area contributed by atoms with Crippen LogP contribution < -0.4 is 0 Å². The maximum Gasteiger partial charge on any atom is 0.258 e. The zero-order valence-corrected chi connectivity index (χ0v) is 10.4. The minimum Gasteiger partial charge on any atom is -0.333 e. The number of hydrogen-bond donors (Lipinski definition) is 0. The topological polar surface area (TPSA) is 38.9 Å². The molecule has 0 saturated heterocycles. The maximum atomic E-state index is 13.0. The van der Waals surface area contributed by atoms with Gasteiger partial charge in [-0.15, -0.1) is 0 Å². The van der Waals surface area contributed by atoms with Gasteiger partial charge in [0.1, 0.15) is 5.82 Å². The van der Waals surface area contributed by atoms with Gasteiger partial charge < -0.3 is 4.52 Å². The summed E-state index contributed by atoms with van der Waals surface area (Å²) in [5.41, 5.74) is 0.562. The van der Waals surface area contributed by atoms with Crippen molar-refractivity contribution in [3.8, 4) is 11.5 Å². The van der Waals surface area contributed by atoms with Crippen molar-refractivity contribution in [2.45, 2.75) is 0 Å². The molecule has 1 aromatic carbocycles. The number of nitrogens with zero attached hydrogens (tertiary/aromatic N) is 2. The third kappa shape index (κ3) is 2.11. The Balaban J connectivity index is 2.51. The van der Waals surface area contributed by atoms with Crippen molar-refractivity contribution in [3.63, 3.8) is 0 Å². The van der Waals surface area contributed by atoms with Gasteiger partial charge >= 0.3 is 0 Å². The molecule has 6 heteroatoms. The van der Waals surface area contributed by atoms with Gasteiger partial charge in [-0.05, 0) is 18.2 Å². The molecule has 72 valence electrons. The summed E-state index contributed by atoms with van der Waals surface area (Å²) >= 11 is 5.11. The van der Waals surface area contributed by atoms with Crippen LogP contribution in [-0.2, 0) is 0 Å². The fourth-order valence-electron chi connectivity index (χ4n) is 1.00. The second-order valence-electron chi connectivity index (χ2n) is 2.53. The van der Waals surface area contributed by atoms with E-state index in [1.165, 1.54) is 12.1 Å². The van der Waals surface area contributed by atoms with Crippen LogP contribution in [-0.4, -0.2) is 10.1 Å². The molecule has 0 amide bonds. The van der Waals surface area contributed by atoms with Gasteiger partial charge in [0.15, 0.2) is 0 Å². The van der Waals surface area contributed by atoms with Crippen LogP contribution in [0.4, 0.5) is 4.39 Å². The summed E-state index contributed by atoms with van der Waals surface area (Å²) in [6.07, 6.45) is 0. The maximum absolute atomic E-state index is 13.0. The molecule has 0 bridgehead atoms. The van der Waals surface area contributed by atoms with Gasteiger partial charge in [0.2, 0.25) is 3.83 Å². The summed E-state index contributed by atoms with van der Waals surface area (Å²) in [6.45, 7) is 0. The molecule has 1 heterocycles. The molecule has 0 atom stereocenters. The van der Waals surface area contributed by atoms with Crippen LogP contribution in [0.1, 0.15) is 0 Å². The van der Waals surface area contributed by atoms with E-state index in [2.05, 4.69) is 26.1 Å². The molecule has 0 radical (unpaired) electrons. The Hall–Kier alpha value is -0.500. The molecule has 0 unspecified atom stereocenters. The fourth-order valence-corrected chi connectivity index (χ4v) is 1.78. The van der Waals surface area contributed by atoms with E-state index in [-0.39, 0.29) is 5.82 Å². The Labute approximate surface area is 101 Å². The third-order valence-electron chi connectivity index (χ3n) is 1.51. The van der Waals surface area contributed by atoms with Crippen molar-refractivity contribution >= 4 is 38.5 Å². The number of benzene rings is 1. The number of hydrogen-bond acceptors (Lipinski definition) is 3. The van der Waals surface area contributed by atoms with Crippen molar-refractivity contribution < 1.29 is 8.91 Å². The molecule has 0 N–H and O–H groups in total. The molecule has 0 spiro atoms. The Morgan fingerprint density at radius 3 is 2.71 bits per heavy atom. The fraction of sp³-hybridized carbons (Fsp3) is 0. The summed E-state index contributed by atoms with van der Waals surface area (Å²) in [4.78, 5) is 3.98. The van der Waals surface area contributed by atoms with Crippen molar-refractivity contribution in [1.82, 2.24) is 10.1 Å². The first-order chi connectivity index (χ1) is 6.65. The van der Waals surface area contributed by atoms with E-state index >= 15 is 0 Å². The highest BCUT2D eigenvalue weighted by Gasteiger charge is 2.08. The lowest BCUT2D eigenvalue weighted by atomic mass is 10.2. The molecular formula is C8H3BrFIN2O. The molecule has 0 fully saturated rings. The van der Waals surface area contributed by atoms with E-state index in [9.17, 15) is 4.39 Å². The number of rotatable bonds is 1. The highest BCUT2D eigenvalue weighted by molar-refractivity contribution is 14.1. The lowest BCUT2D eigenvalue weighted by Gasteiger charge is -1.95. The highest BCUT2D eigenvalue weighted by atomic mass is 127. The minimum atomic E-state index is -0.345. The Kier molecular flexibility index (Phi) is 2.82. The summed E-state index contributed by atoms with van der Waals surface area (Å²) in [5.74, 6) is -0.0304. The van der Waals surface area contributed by atoms with Crippen LogP contribution in [0.25, 0.3) is 11.5 Å². The standard InChI is InChI=1S/C8H3BrFIN2O/c9-5-1-4(2-6(10)3-5)7-12-8(11)13-14-7/h1-3H. The van der Waals surface area contributed by atoms with E-state index in [1.807, 2.05) is 22.6 Å². The SMILES string of the molecule is Fc1cc(Br)cc(-c2nc(I)no2)c1. The minimum absolute atomic E-state index is 0.314. The Morgan fingerprint density at radius 1 is 1.36 bits per heavy atom. The molecule has 0 aliphatic rings. The molecular weight excluding hydrogens is 366 g/mol. The van der Waals surface area contributed by atoms with Crippen LogP contribution in [0.5, 0.6) is 0 Å². The van der Waals surface area contributed by atoms with E-state index in [4.69, 9.17) is 4.52 Å². The monoisotopic (exact) mass is 368 g/mol. The molecule has 0 saturated carbocycles. The van der Waals surface area contributed by atoms with Gasteiger partial charge in [-0.2, -0.15) is 4.98 Å². The molecule has 3 nitrogen and oxygen atoms in total. The highest BCUT2D eigenvalue weighted by Crippen LogP contribution is 2.23. The normalized spacial score (nSPS) is 10.5. The smallest absolute Gasteiger partial charge is 0.258 e. The van der Waals surface area contributed by atoms with Gasteiger partial charge in [0.05, 0.1) is 0 Å². The largest absolute Gasteiger partial charge is 0.333 e. The van der Waals surface area contributed by atoms with Gasteiger partial charge in [0, 0.05) is 32.6 Å². The summed E-state index contributed by atoms with van der Waals surface area (Å²) in [7, 11) is 0. The zero-order chi connectivity index (χ0) is 10.1. The molecule has 2 aromatic rings. The number of halogens is 3. The first-order valence-electron chi connectivity index (χ1n) is 3.61. The summed E-state index contributed by atoms with van der Waals surface area (Å²) in [5, 5.41) is 3.62. The van der Waals surface area contributed by atoms with Gasteiger partial charge in [0.25, 0.3) is 5.89 Å². The van der Waals surface area contributed by atoms with Gasteiger partial charge in [-0.3, -0.25) is 0 Å². The van der Waals surface area contributed by atoms with E-state index in [0.29, 0.717) is 19.8 Å². The number of aromatic nitrogens is 2. The quantitative estimate of drug-likeness (QED) is 0.725. The van der Waals surface area contributed by atoms with Crippen molar-refractivity contribution in [1.29, 1.82) is 0 Å².